The number of nitrogens with zero attached hydrogens (tertiary/aromatic N) is 1. The topological polar surface area (TPSA) is 59.4 Å². The smallest absolute Gasteiger partial charge is 0.365 e. The average molecular weight is 277 g/mol. The zero-order valence-corrected chi connectivity index (χ0v) is 12.1. The van der Waals surface area contributed by atoms with Crippen LogP contribution in [0.4, 0.5) is 0 Å². The van der Waals surface area contributed by atoms with Crippen LogP contribution in [0.5, 0.6) is 5.75 Å². The van der Waals surface area contributed by atoms with Crippen LogP contribution in [-0.2, 0) is 0 Å². The molecule has 1 aromatic carbocycles. The Kier molecular flexibility index (Phi) is 3.57. The van der Waals surface area contributed by atoms with Gasteiger partial charge in [-0.1, -0.05) is 0 Å². The van der Waals surface area contributed by atoms with Gasteiger partial charge in [0.25, 0.3) is 0 Å². The molecule has 0 aliphatic heterocycles. The lowest BCUT2D eigenvalue weighted by Crippen LogP contribution is -1.96. The van der Waals surface area contributed by atoms with Crippen LogP contribution < -0.4 is 4.74 Å². The minimum Gasteiger partial charge on any atom is -0.496 e. The number of hydrogen-bond acceptors (Lipinski definition) is 4. The minimum absolute atomic E-state index is 0.104. The Hall–Kier alpha value is -1.88. The summed E-state index contributed by atoms with van der Waals surface area (Å²) < 4.78 is 5.38. The third kappa shape index (κ3) is 2.46. The zero-order chi connectivity index (χ0) is 14.2. The van der Waals surface area contributed by atoms with Crippen LogP contribution in [-0.4, -0.2) is 23.2 Å². The molecule has 0 bridgehead atoms. The molecule has 0 aliphatic rings. The van der Waals surface area contributed by atoms with E-state index in [1.807, 2.05) is 32.9 Å². The highest BCUT2D eigenvalue weighted by Gasteiger charge is 2.18. The Morgan fingerprint density at radius 2 is 1.89 bits per heavy atom. The number of aromatic nitrogens is 1. The number of carboxylic acids is 1. The van der Waals surface area contributed by atoms with E-state index in [0.29, 0.717) is 11.4 Å². The van der Waals surface area contributed by atoms with E-state index in [-0.39, 0.29) is 5.01 Å². The number of methoxy groups -OCH3 is 1. The second-order valence-electron chi connectivity index (χ2n) is 4.37. The molecular formula is C14H15NO3S. The first-order valence-corrected chi connectivity index (χ1v) is 6.62. The van der Waals surface area contributed by atoms with Crippen molar-refractivity contribution in [1.29, 1.82) is 0 Å². The third-order valence-corrected chi connectivity index (χ3v) is 4.01. The fraction of sp³-hybridized carbons (Fsp3) is 0.286. The average Bonchev–Trinajstić information content (AvgIpc) is 2.74. The van der Waals surface area contributed by atoms with E-state index in [9.17, 15) is 4.79 Å². The number of benzene rings is 1. The lowest BCUT2D eigenvalue weighted by molar-refractivity contribution is 0.0696. The van der Waals surface area contributed by atoms with Gasteiger partial charge in [-0.2, -0.15) is 0 Å². The van der Waals surface area contributed by atoms with Crippen molar-refractivity contribution in [3.05, 3.63) is 33.1 Å². The van der Waals surface area contributed by atoms with Crippen LogP contribution in [0.3, 0.4) is 0 Å². The van der Waals surface area contributed by atoms with Gasteiger partial charge in [0.15, 0.2) is 0 Å². The fourth-order valence-electron chi connectivity index (χ4n) is 1.88. The maximum atomic E-state index is 11.0. The molecule has 0 spiro atoms. The SMILES string of the molecule is COc1cc(C)c(C)cc1-c1nc(C(=O)O)sc1C. The molecule has 0 amide bonds. The van der Waals surface area contributed by atoms with Gasteiger partial charge >= 0.3 is 5.97 Å². The molecule has 5 heteroatoms. The molecular weight excluding hydrogens is 262 g/mol. The summed E-state index contributed by atoms with van der Waals surface area (Å²) in [7, 11) is 1.60. The standard InChI is InChI=1S/C14H15NO3S/c1-7-5-10(11(18-4)6-8(7)2)12-9(3)19-13(15-12)14(16)17/h5-6H,1-4H3,(H,16,17). The van der Waals surface area contributed by atoms with Gasteiger partial charge in [-0.15, -0.1) is 11.3 Å². The van der Waals surface area contributed by atoms with Gasteiger partial charge in [-0.3, -0.25) is 0 Å². The van der Waals surface area contributed by atoms with Gasteiger partial charge in [0.2, 0.25) is 5.01 Å². The van der Waals surface area contributed by atoms with Crippen molar-refractivity contribution < 1.29 is 14.6 Å². The van der Waals surface area contributed by atoms with Gasteiger partial charge in [-0.25, -0.2) is 9.78 Å². The largest absolute Gasteiger partial charge is 0.496 e. The van der Waals surface area contributed by atoms with E-state index in [2.05, 4.69) is 4.98 Å². The van der Waals surface area contributed by atoms with Crippen LogP contribution in [0, 0.1) is 20.8 Å². The summed E-state index contributed by atoms with van der Waals surface area (Å²) in [6.07, 6.45) is 0. The lowest BCUT2D eigenvalue weighted by atomic mass is 10.0. The lowest BCUT2D eigenvalue weighted by Gasteiger charge is -2.10. The van der Waals surface area contributed by atoms with Crippen LogP contribution in [0.25, 0.3) is 11.3 Å². The van der Waals surface area contributed by atoms with Gasteiger partial charge in [0.1, 0.15) is 5.75 Å². The van der Waals surface area contributed by atoms with Gasteiger partial charge in [0, 0.05) is 10.4 Å². The quantitative estimate of drug-likeness (QED) is 0.933. The second kappa shape index (κ2) is 5.01. The maximum Gasteiger partial charge on any atom is 0.365 e. The molecule has 100 valence electrons. The van der Waals surface area contributed by atoms with Crippen molar-refractivity contribution in [2.45, 2.75) is 20.8 Å². The molecule has 1 N–H and O–H groups in total. The van der Waals surface area contributed by atoms with E-state index in [1.54, 1.807) is 7.11 Å². The first kappa shape index (κ1) is 13.5. The number of hydrogen-bond donors (Lipinski definition) is 1. The number of thiazole rings is 1. The third-order valence-electron chi connectivity index (χ3n) is 3.05. The predicted molar refractivity (Wildman–Crippen MR) is 75.3 cm³/mol. The van der Waals surface area contributed by atoms with E-state index in [0.717, 1.165) is 21.6 Å². The Morgan fingerprint density at radius 1 is 1.26 bits per heavy atom. The van der Waals surface area contributed by atoms with Crippen molar-refractivity contribution in [2.75, 3.05) is 7.11 Å². The number of rotatable bonds is 3. The number of aryl methyl sites for hydroxylation is 3. The summed E-state index contributed by atoms with van der Waals surface area (Å²) >= 11 is 1.18. The summed E-state index contributed by atoms with van der Waals surface area (Å²) in [5.74, 6) is -0.282. The number of aromatic carboxylic acids is 1. The van der Waals surface area contributed by atoms with Gasteiger partial charge in [-0.05, 0) is 44.0 Å². The van der Waals surface area contributed by atoms with Gasteiger partial charge < -0.3 is 9.84 Å². The molecule has 0 fully saturated rings. The van der Waals surface area contributed by atoms with Crippen molar-refractivity contribution in [1.82, 2.24) is 4.98 Å². The molecule has 0 unspecified atom stereocenters. The number of carbonyl (C=O) groups is 1. The summed E-state index contributed by atoms with van der Waals surface area (Å²) in [6, 6.07) is 3.94. The van der Waals surface area contributed by atoms with Gasteiger partial charge in [0.05, 0.1) is 12.8 Å². The molecule has 0 saturated carbocycles. The minimum atomic E-state index is -0.998. The van der Waals surface area contributed by atoms with Crippen molar-refractivity contribution in [3.63, 3.8) is 0 Å². The molecule has 0 saturated heterocycles. The number of ether oxygens (including phenoxy) is 1. The monoisotopic (exact) mass is 277 g/mol. The van der Waals surface area contributed by atoms with Crippen LogP contribution in [0.15, 0.2) is 12.1 Å². The molecule has 0 aliphatic carbocycles. The predicted octanol–water partition coefficient (Wildman–Crippen LogP) is 3.44. The molecule has 0 radical (unpaired) electrons. The molecule has 1 aromatic heterocycles. The Morgan fingerprint density at radius 3 is 2.42 bits per heavy atom. The Balaban J connectivity index is 2.64. The fourth-order valence-corrected chi connectivity index (χ4v) is 2.65. The van der Waals surface area contributed by atoms with Crippen LogP contribution in [0.1, 0.15) is 25.8 Å². The van der Waals surface area contributed by atoms with Crippen molar-refractivity contribution in [2.24, 2.45) is 0 Å². The van der Waals surface area contributed by atoms with Crippen LogP contribution >= 0.6 is 11.3 Å². The van der Waals surface area contributed by atoms with E-state index in [1.165, 1.54) is 11.3 Å². The molecule has 0 atom stereocenters. The highest BCUT2D eigenvalue weighted by Crippen LogP contribution is 2.35. The highest BCUT2D eigenvalue weighted by molar-refractivity contribution is 7.13. The molecule has 1 heterocycles. The van der Waals surface area contributed by atoms with Crippen LogP contribution in [0.2, 0.25) is 0 Å². The molecule has 2 aromatic rings. The summed E-state index contributed by atoms with van der Waals surface area (Å²) in [6.45, 7) is 5.89. The molecule has 4 nitrogen and oxygen atoms in total. The summed E-state index contributed by atoms with van der Waals surface area (Å²) in [5.41, 5.74) is 3.78. The summed E-state index contributed by atoms with van der Waals surface area (Å²) in [5, 5.41) is 9.12. The maximum absolute atomic E-state index is 11.0. The number of carboxylic acid groups (broad SMARTS) is 1. The second-order valence-corrected chi connectivity index (χ2v) is 5.57. The van der Waals surface area contributed by atoms with Crippen molar-refractivity contribution >= 4 is 17.3 Å². The Bertz CT molecular complexity index is 646. The zero-order valence-electron chi connectivity index (χ0n) is 11.3. The highest BCUT2D eigenvalue weighted by atomic mass is 32.1. The van der Waals surface area contributed by atoms with E-state index in [4.69, 9.17) is 9.84 Å². The van der Waals surface area contributed by atoms with E-state index >= 15 is 0 Å². The first-order valence-electron chi connectivity index (χ1n) is 5.80. The molecule has 19 heavy (non-hydrogen) atoms. The van der Waals surface area contributed by atoms with Crippen molar-refractivity contribution in [3.8, 4) is 17.0 Å². The van der Waals surface area contributed by atoms with E-state index < -0.39 is 5.97 Å². The summed E-state index contributed by atoms with van der Waals surface area (Å²) in [4.78, 5) is 16.1. The molecule has 2 rings (SSSR count). The first-order chi connectivity index (χ1) is 8.93. The normalized spacial score (nSPS) is 10.5. The Labute approximate surface area is 115 Å².